The highest BCUT2D eigenvalue weighted by atomic mass is 16.5. The van der Waals surface area contributed by atoms with Gasteiger partial charge in [0.2, 0.25) is 5.75 Å². The van der Waals surface area contributed by atoms with E-state index in [0.29, 0.717) is 22.2 Å². The number of fused-ring (bicyclic) bond motifs is 1. The SMILES string of the molecule is CCOc1c(-c2cc(OC)ccc2C)nc2/c(=C\c3ccc(N(CC)CC)nc3C)c(C(=O)OC)nn2c1=O. The quantitative estimate of drug-likeness (QED) is 0.300. The van der Waals surface area contributed by atoms with E-state index in [1.54, 1.807) is 26.2 Å². The van der Waals surface area contributed by atoms with E-state index in [1.807, 2.05) is 38.1 Å². The van der Waals surface area contributed by atoms with E-state index >= 15 is 0 Å². The maximum atomic E-state index is 13.7. The first kappa shape index (κ1) is 27.6. The van der Waals surface area contributed by atoms with Crippen molar-refractivity contribution in [3.63, 3.8) is 0 Å². The van der Waals surface area contributed by atoms with E-state index < -0.39 is 11.5 Å². The average molecular weight is 532 g/mol. The summed E-state index contributed by atoms with van der Waals surface area (Å²) in [5.74, 6) is 0.819. The number of aromatic nitrogens is 4. The van der Waals surface area contributed by atoms with Gasteiger partial charge < -0.3 is 19.1 Å². The van der Waals surface area contributed by atoms with E-state index in [4.69, 9.17) is 24.2 Å². The Hall–Kier alpha value is -4.47. The van der Waals surface area contributed by atoms with Crippen molar-refractivity contribution >= 4 is 23.5 Å². The number of hydrogen-bond acceptors (Lipinski definition) is 9. The van der Waals surface area contributed by atoms with Crippen LogP contribution in [0.15, 0.2) is 35.1 Å². The largest absolute Gasteiger partial charge is 0.497 e. The molecule has 0 fully saturated rings. The second-order valence-electron chi connectivity index (χ2n) is 8.86. The summed E-state index contributed by atoms with van der Waals surface area (Å²) in [4.78, 5) is 38.2. The van der Waals surface area contributed by atoms with E-state index in [9.17, 15) is 9.59 Å². The lowest BCUT2D eigenvalue weighted by molar-refractivity contribution is 0.0592. The second kappa shape index (κ2) is 11.5. The van der Waals surface area contributed by atoms with Gasteiger partial charge in [0.1, 0.15) is 17.3 Å². The van der Waals surface area contributed by atoms with E-state index in [-0.39, 0.29) is 23.7 Å². The number of anilines is 1. The van der Waals surface area contributed by atoms with Crippen molar-refractivity contribution in [2.45, 2.75) is 34.6 Å². The molecule has 3 heterocycles. The zero-order chi connectivity index (χ0) is 28.3. The fourth-order valence-corrected chi connectivity index (χ4v) is 4.44. The van der Waals surface area contributed by atoms with Crippen molar-refractivity contribution in [3.05, 3.63) is 68.4 Å². The molecule has 0 radical (unpaired) electrons. The molecule has 39 heavy (non-hydrogen) atoms. The molecule has 0 aliphatic carbocycles. The fourth-order valence-electron chi connectivity index (χ4n) is 4.44. The summed E-state index contributed by atoms with van der Waals surface area (Å²) >= 11 is 0. The van der Waals surface area contributed by atoms with Gasteiger partial charge in [0.05, 0.1) is 26.0 Å². The Kier molecular flexibility index (Phi) is 8.13. The molecule has 1 aromatic carbocycles. The van der Waals surface area contributed by atoms with Crippen LogP contribution in [0.2, 0.25) is 0 Å². The molecule has 0 aliphatic rings. The normalized spacial score (nSPS) is 11.6. The minimum absolute atomic E-state index is 0.0312. The number of hydrogen-bond donors (Lipinski definition) is 0. The summed E-state index contributed by atoms with van der Waals surface area (Å²) in [7, 11) is 2.84. The predicted octanol–water partition coefficient (Wildman–Crippen LogP) is 3.36. The van der Waals surface area contributed by atoms with Crippen LogP contribution in [0.1, 0.15) is 48.1 Å². The number of carbonyl (C=O) groups excluding carboxylic acids is 1. The van der Waals surface area contributed by atoms with Gasteiger partial charge in [-0.3, -0.25) is 4.79 Å². The third-order valence-electron chi connectivity index (χ3n) is 6.58. The van der Waals surface area contributed by atoms with Crippen LogP contribution in [0.3, 0.4) is 0 Å². The van der Waals surface area contributed by atoms with Crippen molar-refractivity contribution < 1.29 is 19.0 Å². The summed E-state index contributed by atoms with van der Waals surface area (Å²) < 4.78 is 17.3. The Morgan fingerprint density at radius 1 is 1.05 bits per heavy atom. The van der Waals surface area contributed by atoms with E-state index in [2.05, 4.69) is 23.8 Å². The molecule has 0 N–H and O–H groups in total. The molecular formula is C29H33N5O5. The summed E-state index contributed by atoms with van der Waals surface area (Å²) in [5, 5.41) is 4.67. The van der Waals surface area contributed by atoms with Crippen molar-refractivity contribution in [1.82, 2.24) is 19.6 Å². The molecule has 0 spiro atoms. The fraction of sp³-hybridized carbons (Fsp3) is 0.345. The maximum Gasteiger partial charge on any atom is 0.359 e. The minimum atomic E-state index is -0.686. The number of esters is 1. The Bertz CT molecular complexity index is 1640. The number of carbonyl (C=O) groups is 1. The molecule has 10 nitrogen and oxygen atoms in total. The third-order valence-corrected chi connectivity index (χ3v) is 6.58. The first-order valence-corrected chi connectivity index (χ1v) is 12.8. The average Bonchev–Trinajstić information content (AvgIpc) is 3.30. The molecule has 4 aromatic rings. The number of aryl methyl sites for hydroxylation is 2. The van der Waals surface area contributed by atoms with Crippen molar-refractivity contribution in [2.24, 2.45) is 0 Å². The van der Waals surface area contributed by atoms with Gasteiger partial charge in [-0.05, 0) is 76.1 Å². The number of ether oxygens (including phenoxy) is 3. The van der Waals surface area contributed by atoms with Crippen molar-refractivity contribution in [1.29, 1.82) is 0 Å². The molecule has 0 aliphatic heterocycles. The van der Waals surface area contributed by atoms with Gasteiger partial charge in [-0.1, -0.05) is 6.07 Å². The molecule has 0 amide bonds. The summed E-state index contributed by atoms with van der Waals surface area (Å²) in [6, 6.07) is 9.38. The monoisotopic (exact) mass is 531 g/mol. The van der Waals surface area contributed by atoms with Gasteiger partial charge in [-0.25, -0.2) is 14.8 Å². The summed E-state index contributed by atoms with van der Waals surface area (Å²) in [6.07, 6.45) is 1.76. The standard InChI is InChI=1S/C29H33N5O5/c1-8-33(9-2)23-14-12-19(18(5)30-23)15-22-25(29(36)38-7)32-34-27(22)31-24(26(28(34)35)39-10-3)21-16-20(37-6)13-11-17(21)4/h11-16H,8-10H2,1-7H3/b22-15-. The molecule has 0 unspecified atom stereocenters. The highest BCUT2D eigenvalue weighted by molar-refractivity contribution is 5.90. The first-order chi connectivity index (χ1) is 18.8. The van der Waals surface area contributed by atoms with Crippen LogP contribution in [0.4, 0.5) is 5.82 Å². The molecule has 204 valence electrons. The molecule has 0 bridgehead atoms. The van der Waals surface area contributed by atoms with Gasteiger partial charge in [0.15, 0.2) is 11.3 Å². The molecule has 4 rings (SSSR count). The van der Waals surface area contributed by atoms with E-state index in [0.717, 1.165) is 40.2 Å². The Morgan fingerprint density at radius 2 is 1.79 bits per heavy atom. The first-order valence-electron chi connectivity index (χ1n) is 12.8. The predicted molar refractivity (Wildman–Crippen MR) is 150 cm³/mol. The lowest BCUT2D eigenvalue weighted by Crippen LogP contribution is -2.23. The Morgan fingerprint density at radius 3 is 2.41 bits per heavy atom. The summed E-state index contributed by atoms with van der Waals surface area (Å²) in [6.45, 7) is 11.6. The number of rotatable bonds is 9. The zero-order valence-electron chi connectivity index (χ0n) is 23.4. The molecule has 10 heteroatoms. The molecular weight excluding hydrogens is 498 g/mol. The Labute approximate surface area is 226 Å². The number of benzene rings is 1. The Balaban J connectivity index is 2.07. The van der Waals surface area contributed by atoms with Crippen LogP contribution >= 0.6 is 0 Å². The lowest BCUT2D eigenvalue weighted by atomic mass is 10.0. The van der Waals surface area contributed by atoms with Crippen LogP contribution in [-0.4, -0.2) is 59.5 Å². The lowest BCUT2D eigenvalue weighted by Gasteiger charge is -2.20. The molecule has 0 atom stereocenters. The second-order valence-corrected chi connectivity index (χ2v) is 8.86. The number of pyridine rings is 1. The topological polar surface area (TPSA) is 108 Å². The van der Waals surface area contributed by atoms with Crippen LogP contribution < -0.4 is 25.2 Å². The maximum absolute atomic E-state index is 13.7. The molecule has 0 saturated carbocycles. The highest BCUT2D eigenvalue weighted by Crippen LogP contribution is 2.31. The van der Waals surface area contributed by atoms with E-state index in [1.165, 1.54) is 7.11 Å². The van der Waals surface area contributed by atoms with Crippen LogP contribution in [0.5, 0.6) is 11.5 Å². The smallest absolute Gasteiger partial charge is 0.359 e. The third kappa shape index (κ3) is 5.14. The number of nitrogens with zero attached hydrogens (tertiary/aromatic N) is 5. The molecule has 3 aromatic heterocycles. The summed E-state index contributed by atoms with van der Waals surface area (Å²) in [5.41, 5.74) is 3.03. The van der Waals surface area contributed by atoms with Crippen LogP contribution in [0.25, 0.3) is 23.0 Å². The number of methoxy groups -OCH3 is 2. The molecule has 0 saturated heterocycles. The van der Waals surface area contributed by atoms with Gasteiger partial charge >= 0.3 is 11.5 Å². The zero-order valence-corrected chi connectivity index (χ0v) is 23.4. The highest BCUT2D eigenvalue weighted by Gasteiger charge is 2.24. The van der Waals surface area contributed by atoms with Gasteiger partial charge in [-0.2, -0.15) is 9.61 Å². The minimum Gasteiger partial charge on any atom is -0.497 e. The van der Waals surface area contributed by atoms with Gasteiger partial charge in [-0.15, -0.1) is 0 Å². The van der Waals surface area contributed by atoms with Gasteiger partial charge in [0.25, 0.3) is 0 Å². The van der Waals surface area contributed by atoms with Crippen LogP contribution in [-0.2, 0) is 4.74 Å². The van der Waals surface area contributed by atoms with Crippen molar-refractivity contribution in [3.8, 4) is 22.8 Å². The van der Waals surface area contributed by atoms with Gasteiger partial charge in [0, 0.05) is 24.3 Å². The van der Waals surface area contributed by atoms with Crippen molar-refractivity contribution in [2.75, 3.05) is 38.8 Å². The van der Waals surface area contributed by atoms with Crippen LogP contribution in [0, 0.1) is 13.8 Å².